The van der Waals surface area contributed by atoms with Crippen molar-refractivity contribution >= 4 is 5.91 Å². The Morgan fingerprint density at radius 3 is 2.68 bits per heavy atom. The van der Waals surface area contributed by atoms with Crippen LogP contribution in [0.15, 0.2) is 18.2 Å². The molecule has 1 unspecified atom stereocenters. The molecule has 1 N–H and O–H groups in total. The zero-order valence-corrected chi connectivity index (χ0v) is 13.7. The average Bonchev–Trinajstić information content (AvgIpc) is 2.83. The summed E-state index contributed by atoms with van der Waals surface area (Å²) in [6.07, 6.45) is 6.41. The van der Waals surface area contributed by atoms with Crippen LogP contribution < -0.4 is 0 Å². The predicted octanol–water partition coefficient (Wildman–Crippen LogP) is 4.20. The van der Waals surface area contributed by atoms with Gasteiger partial charge in [0.15, 0.2) is 0 Å². The maximum Gasteiger partial charge on any atom is 0.254 e. The lowest BCUT2D eigenvalue weighted by molar-refractivity contribution is 0.0721. The number of carbonyl (C=O) groups is 1. The molecule has 0 spiro atoms. The molecule has 0 radical (unpaired) electrons. The minimum absolute atomic E-state index is 0.0925. The van der Waals surface area contributed by atoms with Crippen LogP contribution in [0.3, 0.4) is 0 Å². The minimum Gasteiger partial charge on any atom is -0.508 e. The number of phenols is 1. The van der Waals surface area contributed by atoms with E-state index in [-0.39, 0.29) is 11.7 Å². The maximum absolute atomic E-state index is 12.5. The van der Waals surface area contributed by atoms with Crippen LogP contribution in [-0.2, 0) is 6.54 Å². The minimum atomic E-state index is 0.0925. The Hall–Kier alpha value is -1.51. The highest BCUT2D eigenvalue weighted by Gasteiger charge is 2.31. The third-order valence-corrected chi connectivity index (χ3v) is 5.79. The molecule has 0 aromatic heterocycles. The van der Waals surface area contributed by atoms with Crippen molar-refractivity contribution in [1.29, 1.82) is 0 Å². The number of aromatic hydroxyl groups is 1. The van der Waals surface area contributed by atoms with Crippen LogP contribution >= 0.6 is 0 Å². The molecule has 0 saturated heterocycles. The third-order valence-electron chi connectivity index (χ3n) is 5.79. The normalized spacial score (nSPS) is 26.1. The second kappa shape index (κ2) is 6.31. The number of carbonyl (C=O) groups excluding carboxylic acids is 1. The molecule has 1 heterocycles. The molecule has 1 aliphatic heterocycles. The van der Waals surface area contributed by atoms with Gasteiger partial charge in [0.2, 0.25) is 0 Å². The lowest BCUT2D eigenvalue weighted by atomic mass is 9.75. The lowest BCUT2D eigenvalue weighted by Gasteiger charge is -2.33. The summed E-state index contributed by atoms with van der Waals surface area (Å²) in [6.45, 7) is 6.24. The summed E-state index contributed by atoms with van der Waals surface area (Å²) >= 11 is 0. The quantitative estimate of drug-likeness (QED) is 0.905. The summed E-state index contributed by atoms with van der Waals surface area (Å²) in [6, 6.07) is 5.16. The van der Waals surface area contributed by atoms with Gasteiger partial charge in [-0.2, -0.15) is 0 Å². The van der Waals surface area contributed by atoms with Gasteiger partial charge >= 0.3 is 0 Å². The van der Waals surface area contributed by atoms with Crippen molar-refractivity contribution in [3.63, 3.8) is 0 Å². The van der Waals surface area contributed by atoms with Gasteiger partial charge < -0.3 is 10.0 Å². The summed E-state index contributed by atoms with van der Waals surface area (Å²) < 4.78 is 0. The third kappa shape index (κ3) is 2.99. The first kappa shape index (κ1) is 15.4. The summed E-state index contributed by atoms with van der Waals surface area (Å²) in [7, 11) is 0. The molecule has 1 saturated carbocycles. The van der Waals surface area contributed by atoms with E-state index in [1.165, 1.54) is 32.1 Å². The van der Waals surface area contributed by atoms with Crippen molar-refractivity contribution in [3.05, 3.63) is 29.3 Å². The molecule has 3 nitrogen and oxygen atoms in total. The van der Waals surface area contributed by atoms with Gasteiger partial charge in [-0.25, -0.2) is 0 Å². The monoisotopic (exact) mass is 301 g/mol. The molecule has 0 bridgehead atoms. The fraction of sp³-hybridized carbons (Fsp3) is 0.632. The van der Waals surface area contributed by atoms with E-state index < -0.39 is 0 Å². The smallest absolute Gasteiger partial charge is 0.254 e. The van der Waals surface area contributed by atoms with Crippen LogP contribution in [0.5, 0.6) is 5.75 Å². The van der Waals surface area contributed by atoms with Crippen molar-refractivity contribution < 1.29 is 9.90 Å². The van der Waals surface area contributed by atoms with Gasteiger partial charge in [-0.1, -0.05) is 26.3 Å². The highest BCUT2D eigenvalue weighted by molar-refractivity contribution is 5.98. The van der Waals surface area contributed by atoms with Crippen molar-refractivity contribution in [1.82, 2.24) is 4.90 Å². The Labute approximate surface area is 133 Å². The Bertz CT molecular complexity index is 546. The fourth-order valence-corrected chi connectivity index (χ4v) is 4.08. The van der Waals surface area contributed by atoms with E-state index in [1.54, 1.807) is 12.1 Å². The van der Waals surface area contributed by atoms with E-state index in [4.69, 9.17) is 0 Å². The van der Waals surface area contributed by atoms with Gasteiger partial charge in [0.1, 0.15) is 5.75 Å². The van der Waals surface area contributed by atoms with E-state index in [0.29, 0.717) is 18.0 Å². The van der Waals surface area contributed by atoms with Gasteiger partial charge in [0, 0.05) is 18.7 Å². The fourth-order valence-electron chi connectivity index (χ4n) is 4.08. The summed E-state index contributed by atoms with van der Waals surface area (Å²) in [5.41, 5.74) is 1.74. The molecule has 22 heavy (non-hydrogen) atoms. The largest absolute Gasteiger partial charge is 0.508 e. The van der Waals surface area contributed by atoms with E-state index in [9.17, 15) is 9.90 Å². The van der Waals surface area contributed by atoms with Gasteiger partial charge in [-0.05, 0) is 61.1 Å². The first-order valence-corrected chi connectivity index (χ1v) is 8.69. The number of amides is 1. The molecular formula is C19H27NO2. The van der Waals surface area contributed by atoms with Gasteiger partial charge in [0.25, 0.3) is 5.91 Å². The molecule has 2 aliphatic rings. The number of phenolic OH excluding ortho intramolecular Hbond substituents is 1. The lowest BCUT2D eigenvalue weighted by Crippen LogP contribution is -2.32. The van der Waals surface area contributed by atoms with Crippen LogP contribution in [0.4, 0.5) is 0 Å². The van der Waals surface area contributed by atoms with Gasteiger partial charge in [-0.3, -0.25) is 4.79 Å². The number of rotatable bonds is 4. The van der Waals surface area contributed by atoms with Gasteiger partial charge in [0.05, 0.1) is 0 Å². The molecule has 1 atom stereocenters. The van der Waals surface area contributed by atoms with E-state index >= 15 is 0 Å². The topological polar surface area (TPSA) is 40.5 Å². The molecule has 1 aromatic rings. The van der Waals surface area contributed by atoms with Crippen molar-refractivity contribution in [2.75, 3.05) is 6.54 Å². The average molecular weight is 301 g/mol. The zero-order chi connectivity index (χ0) is 15.7. The van der Waals surface area contributed by atoms with Crippen molar-refractivity contribution in [3.8, 4) is 5.75 Å². The number of benzene rings is 1. The Balaban J connectivity index is 1.57. The first-order chi connectivity index (χ1) is 10.6. The van der Waals surface area contributed by atoms with Crippen LogP contribution in [-0.4, -0.2) is 22.5 Å². The Morgan fingerprint density at radius 1 is 1.27 bits per heavy atom. The van der Waals surface area contributed by atoms with Crippen molar-refractivity contribution in [2.24, 2.45) is 17.8 Å². The first-order valence-electron chi connectivity index (χ1n) is 8.69. The predicted molar refractivity (Wildman–Crippen MR) is 87.8 cm³/mol. The maximum atomic E-state index is 12.5. The van der Waals surface area contributed by atoms with Crippen molar-refractivity contribution in [2.45, 2.75) is 52.5 Å². The number of fused-ring (bicyclic) bond motifs is 1. The van der Waals surface area contributed by atoms with Crippen LogP contribution in [0.25, 0.3) is 0 Å². The molecular weight excluding hydrogens is 274 g/mol. The summed E-state index contributed by atoms with van der Waals surface area (Å²) in [5, 5.41) is 9.56. The van der Waals surface area contributed by atoms with E-state index in [0.717, 1.165) is 23.9 Å². The second-order valence-corrected chi connectivity index (χ2v) is 7.19. The van der Waals surface area contributed by atoms with Crippen LogP contribution in [0.1, 0.15) is 61.9 Å². The van der Waals surface area contributed by atoms with Crippen LogP contribution in [0, 0.1) is 17.8 Å². The Morgan fingerprint density at radius 2 is 2.00 bits per heavy atom. The number of hydrogen-bond acceptors (Lipinski definition) is 2. The van der Waals surface area contributed by atoms with Gasteiger partial charge in [-0.15, -0.1) is 0 Å². The standard InChI is InChI=1S/C19H27NO2/c1-3-13(2)15-6-4-14(5-7-15)11-20-12-16-8-9-17(21)10-18(16)19(20)22/h8-10,13-15,21H,3-7,11-12H2,1-2H3/t13?,14-,15-. The molecule has 1 amide bonds. The molecule has 3 heteroatoms. The zero-order valence-electron chi connectivity index (χ0n) is 13.7. The second-order valence-electron chi connectivity index (χ2n) is 7.19. The van der Waals surface area contributed by atoms with E-state index in [2.05, 4.69) is 13.8 Å². The molecule has 1 aromatic carbocycles. The SMILES string of the molecule is CCC(C)[C@H]1CC[C@H](CN2Cc3ccc(O)cc3C2=O)CC1. The highest BCUT2D eigenvalue weighted by atomic mass is 16.3. The van der Waals surface area contributed by atoms with Crippen LogP contribution in [0.2, 0.25) is 0 Å². The Kier molecular flexibility index (Phi) is 4.42. The number of hydrogen-bond donors (Lipinski definition) is 1. The number of nitrogens with zero attached hydrogens (tertiary/aromatic N) is 1. The summed E-state index contributed by atoms with van der Waals surface area (Å²) in [4.78, 5) is 14.4. The molecule has 120 valence electrons. The highest BCUT2D eigenvalue weighted by Crippen LogP contribution is 2.36. The summed E-state index contributed by atoms with van der Waals surface area (Å²) in [5.74, 6) is 2.64. The molecule has 1 aliphatic carbocycles. The molecule has 3 rings (SSSR count). The van der Waals surface area contributed by atoms with E-state index in [1.807, 2.05) is 11.0 Å². The molecule has 1 fully saturated rings.